The predicted octanol–water partition coefficient (Wildman–Crippen LogP) is 4.64. The first-order valence-electron chi connectivity index (χ1n) is 7.63. The summed E-state index contributed by atoms with van der Waals surface area (Å²) < 4.78 is 2.19. The number of hydrogen-bond donors (Lipinski definition) is 0. The first-order chi connectivity index (χ1) is 10.4. The van der Waals surface area contributed by atoms with Crippen molar-refractivity contribution in [3.8, 4) is 0 Å². The second kappa shape index (κ2) is 4.29. The van der Waals surface area contributed by atoms with Crippen LogP contribution < -0.4 is 0 Å². The number of aryl methyl sites for hydroxylation is 1. The number of nitrogens with zero attached hydrogens (tertiary/aromatic N) is 3. The Morgan fingerprint density at radius 1 is 0.955 bits per heavy atom. The zero-order valence-corrected chi connectivity index (χ0v) is 13.4. The molecule has 3 heterocycles. The number of imidazole rings is 1. The van der Waals surface area contributed by atoms with E-state index in [2.05, 4.69) is 68.6 Å². The highest BCUT2D eigenvalue weighted by atomic mass is 15.0. The highest BCUT2D eigenvalue weighted by molar-refractivity contribution is 6.04. The minimum Gasteiger partial charge on any atom is -0.298 e. The van der Waals surface area contributed by atoms with E-state index < -0.39 is 0 Å². The number of para-hydroxylation sites is 1. The van der Waals surface area contributed by atoms with Crippen LogP contribution in [0.5, 0.6) is 0 Å². The monoisotopic (exact) mass is 289 g/mol. The van der Waals surface area contributed by atoms with E-state index in [1.54, 1.807) is 0 Å². The number of benzene rings is 1. The summed E-state index contributed by atoms with van der Waals surface area (Å²) in [5.74, 6) is 0. The van der Waals surface area contributed by atoms with Crippen LogP contribution in [0.15, 0.2) is 42.6 Å². The topological polar surface area (TPSA) is 30.2 Å². The van der Waals surface area contributed by atoms with Gasteiger partial charge in [0.2, 0.25) is 0 Å². The van der Waals surface area contributed by atoms with E-state index >= 15 is 0 Å². The van der Waals surface area contributed by atoms with Crippen molar-refractivity contribution in [1.29, 1.82) is 0 Å². The Kier molecular flexibility index (Phi) is 2.59. The molecule has 110 valence electrons. The molecule has 0 aliphatic carbocycles. The van der Waals surface area contributed by atoms with E-state index in [0.29, 0.717) is 0 Å². The van der Waals surface area contributed by atoms with Gasteiger partial charge in [-0.25, -0.2) is 9.97 Å². The van der Waals surface area contributed by atoms with Gasteiger partial charge in [0, 0.05) is 17.0 Å². The molecule has 3 nitrogen and oxygen atoms in total. The average molecular weight is 289 g/mol. The minimum atomic E-state index is -0.0397. The van der Waals surface area contributed by atoms with Crippen molar-refractivity contribution in [2.75, 3.05) is 0 Å². The molecule has 4 rings (SSSR count). The maximum Gasteiger partial charge on any atom is 0.138 e. The first-order valence-corrected chi connectivity index (χ1v) is 7.63. The molecule has 0 atom stereocenters. The van der Waals surface area contributed by atoms with Crippen LogP contribution in [-0.4, -0.2) is 14.4 Å². The normalized spacial score (nSPS) is 12.5. The summed E-state index contributed by atoms with van der Waals surface area (Å²) in [7, 11) is 0. The lowest BCUT2D eigenvalue weighted by Gasteiger charge is -2.20. The summed E-state index contributed by atoms with van der Waals surface area (Å²) in [6.45, 7) is 8.73. The summed E-state index contributed by atoms with van der Waals surface area (Å²) in [5, 5.41) is 1.12. The minimum absolute atomic E-state index is 0.0397. The molecule has 0 saturated carbocycles. The van der Waals surface area contributed by atoms with Crippen LogP contribution >= 0.6 is 0 Å². The molecule has 1 aromatic carbocycles. The Balaban J connectivity index is 2.32. The number of pyridine rings is 2. The smallest absolute Gasteiger partial charge is 0.138 e. The van der Waals surface area contributed by atoms with Gasteiger partial charge in [-0.2, -0.15) is 0 Å². The van der Waals surface area contributed by atoms with Crippen molar-refractivity contribution >= 4 is 27.6 Å². The molecule has 4 aromatic rings. The van der Waals surface area contributed by atoms with Gasteiger partial charge in [0.1, 0.15) is 11.2 Å². The Hall–Kier alpha value is -2.42. The Labute approximate surface area is 129 Å². The van der Waals surface area contributed by atoms with E-state index in [-0.39, 0.29) is 5.41 Å². The molecule has 0 N–H and O–H groups in total. The van der Waals surface area contributed by atoms with Crippen molar-refractivity contribution in [1.82, 2.24) is 14.4 Å². The van der Waals surface area contributed by atoms with E-state index in [0.717, 1.165) is 33.3 Å². The number of aromatic nitrogens is 3. The van der Waals surface area contributed by atoms with Crippen LogP contribution in [0.4, 0.5) is 0 Å². The molecule has 0 radical (unpaired) electrons. The van der Waals surface area contributed by atoms with Crippen LogP contribution in [-0.2, 0) is 5.41 Å². The predicted molar refractivity (Wildman–Crippen MR) is 91.4 cm³/mol. The molecule has 3 heteroatoms. The molecule has 3 aromatic heterocycles. The summed E-state index contributed by atoms with van der Waals surface area (Å²) in [6, 6.07) is 12.4. The third-order valence-electron chi connectivity index (χ3n) is 4.09. The SMILES string of the molecule is Cc1ccc2nc3c4ccccc4nc(C(C)(C)C)c3n2c1. The number of hydrogen-bond acceptors (Lipinski definition) is 2. The van der Waals surface area contributed by atoms with Crippen molar-refractivity contribution in [2.24, 2.45) is 0 Å². The summed E-state index contributed by atoms with van der Waals surface area (Å²) >= 11 is 0. The zero-order valence-electron chi connectivity index (χ0n) is 13.4. The molecule has 0 bridgehead atoms. The lowest BCUT2D eigenvalue weighted by molar-refractivity contribution is 0.576. The lowest BCUT2D eigenvalue weighted by Crippen LogP contribution is -2.15. The third-order valence-corrected chi connectivity index (χ3v) is 4.09. The standard InChI is InChI=1S/C19H19N3/c1-12-9-10-15-21-16-13-7-5-6-8-14(13)20-18(19(2,3)4)17(16)22(15)11-12/h5-11H,1-4H3. The van der Waals surface area contributed by atoms with Gasteiger partial charge in [-0.05, 0) is 24.6 Å². The van der Waals surface area contributed by atoms with Crippen LogP contribution in [0.3, 0.4) is 0 Å². The van der Waals surface area contributed by atoms with Crippen molar-refractivity contribution in [3.05, 3.63) is 53.9 Å². The number of rotatable bonds is 0. The second-order valence-electron chi connectivity index (χ2n) is 6.97. The molecular formula is C19H19N3. The third kappa shape index (κ3) is 1.82. The molecular weight excluding hydrogens is 270 g/mol. The average Bonchev–Trinajstić information content (AvgIpc) is 2.84. The highest BCUT2D eigenvalue weighted by Gasteiger charge is 2.23. The van der Waals surface area contributed by atoms with Gasteiger partial charge in [-0.15, -0.1) is 0 Å². The van der Waals surface area contributed by atoms with Crippen LogP contribution in [0.1, 0.15) is 32.0 Å². The van der Waals surface area contributed by atoms with Crippen molar-refractivity contribution in [3.63, 3.8) is 0 Å². The summed E-state index contributed by atoms with van der Waals surface area (Å²) in [6.07, 6.45) is 2.15. The number of fused-ring (bicyclic) bond motifs is 5. The van der Waals surface area contributed by atoms with Gasteiger partial charge in [0.05, 0.1) is 16.7 Å². The Morgan fingerprint density at radius 2 is 1.73 bits per heavy atom. The van der Waals surface area contributed by atoms with Crippen LogP contribution in [0, 0.1) is 6.92 Å². The molecule has 0 fully saturated rings. The maximum atomic E-state index is 4.97. The quantitative estimate of drug-likeness (QED) is 0.472. The van der Waals surface area contributed by atoms with Gasteiger partial charge in [-0.3, -0.25) is 4.40 Å². The molecule has 0 unspecified atom stereocenters. The van der Waals surface area contributed by atoms with E-state index in [1.165, 1.54) is 5.56 Å². The molecule has 0 aliphatic rings. The van der Waals surface area contributed by atoms with Gasteiger partial charge in [0.25, 0.3) is 0 Å². The van der Waals surface area contributed by atoms with E-state index in [1.807, 2.05) is 6.07 Å². The maximum absolute atomic E-state index is 4.97. The molecule has 0 amide bonds. The van der Waals surface area contributed by atoms with Gasteiger partial charge < -0.3 is 0 Å². The molecule has 0 aliphatic heterocycles. The Morgan fingerprint density at radius 3 is 2.50 bits per heavy atom. The summed E-state index contributed by atoms with van der Waals surface area (Å²) in [5.41, 5.74) is 6.44. The second-order valence-corrected chi connectivity index (χ2v) is 6.97. The lowest BCUT2D eigenvalue weighted by atomic mass is 9.90. The summed E-state index contributed by atoms with van der Waals surface area (Å²) in [4.78, 5) is 9.85. The largest absolute Gasteiger partial charge is 0.298 e. The van der Waals surface area contributed by atoms with Crippen molar-refractivity contribution < 1.29 is 0 Å². The fourth-order valence-corrected chi connectivity index (χ4v) is 3.03. The highest BCUT2D eigenvalue weighted by Crippen LogP contribution is 2.33. The van der Waals surface area contributed by atoms with Gasteiger partial charge >= 0.3 is 0 Å². The zero-order chi connectivity index (χ0) is 15.5. The fourth-order valence-electron chi connectivity index (χ4n) is 3.03. The van der Waals surface area contributed by atoms with Gasteiger partial charge in [0.15, 0.2) is 0 Å². The molecule has 0 saturated heterocycles. The first kappa shape index (κ1) is 13.3. The molecule has 0 spiro atoms. The van der Waals surface area contributed by atoms with E-state index in [9.17, 15) is 0 Å². The van der Waals surface area contributed by atoms with Gasteiger partial charge in [-0.1, -0.05) is 45.0 Å². The Bertz CT molecular complexity index is 1020. The molecule has 22 heavy (non-hydrogen) atoms. The van der Waals surface area contributed by atoms with Crippen LogP contribution in [0.25, 0.3) is 27.6 Å². The van der Waals surface area contributed by atoms with Crippen LogP contribution in [0.2, 0.25) is 0 Å². The van der Waals surface area contributed by atoms with Crippen molar-refractivity contribution in [2.45, 2.75) is 33.1 Å². The van der Waals surface area contributed by atoms with E-state index in [4.69, 9.17) is 9.97 Å². The fraction of sp³-hybridized carbons (Fsp3) is 0.263.